The average Bonchev–Trinajstić information content (AvgIpc) is 3.32. The van der Waals surface area contributed by atoms with E-state index in [2.05, 4.69) is 142 Å². The van der Waals surface area contributed by atoms with Gasteiger partial charge in [0.15, 0.2) is 6.10 Å². The number of hydrogen-bond acceptors (Lipinski definition) is 5. The third kappa shape index (κ3) is 52.7. The SMILES string of the molecule is CC/C=C\C/C=C\C/C=C\C/C=C\C/C=C\CC(=O)OCC(COCCCCCCCCC/C=C\C/C=C\C/C=C\C/C=C\CC)OC(=O)CCCCCCC/C=C\C/C=C\CCCCC. The fourth-order valence-corrected chi connectivity index (χ4v) is 6.78. The van der Waals surface area contributed by atoms with E-state index in [0.717, 1.165) is 109 Å². The molecule has 0 fully saturated rings. The maximum atomic E-state index is 12.8. The Labute approximate surface area is 407 Å². The topological polar surface area (TPSA) is 61.8 Å². The maximum Gasteiger partial charge on any atom is 0.309 e. The highest BCUT2D eigenvalue weighted by Crippen LogP contribution is 2.12. The monoisotopic (exact) mass is 911 g/mol. The molecule has 66 heavy (non-hydrogen) atoms. The van der Waals surface area contributed by atoms with Crippen molar-refractivity contribution in [2.45, 2.75) is 219 Å². The number of carbonyl (C=O) groups is 2. The molecule has 0 aromatic rings. The molecule has 0 N–H and O–H groups in total. The predicted octanol–water partition coefficient (Wildman–Crippen LogP) is 18.3. The second-order valence-corrected chi connectivity index (χ2v) is 17.0. The van der Waals surface area contributed by atoms with Crippen LogP contribution in [0.15, 0.2) is 134 Å². The minimum atomic E-state index is -0.599. The quantitative estimate of drug-likeness (QED) is 0.0346. The maximum absolute atomic E-state index is 12.8. The van der Waals surface area contributed by atoms with Gasteiger partial charge in [-0.1, -0.05) is 219 Å². The second kappa shape index (κ2) is 55.4. The lowest BCUT2D eigenvalue weighted by atomic mass is 10.1. The van der Waals surface area contributed by atoms with Crippen LogP contribution in [0.5, 0.6) is 0 Å². The molecule has 0 aliphatic carbocycles. The highest BCUT2D eigenvalue weighted by molar-refractivity contribution is 5.71. The number of esters is 2. The standard InChI is InChI=1S/C61H98O5/c1-4-7-10-13-16-19-22-25-28-29-30-31-32-35-38-41-44-47-50-53-56-64-57-59(66-61(63)55-52-49-46-43-40-37-34-27-24-21-18-15-12-9-6-3)58-65-60(62)54-51-48-45-42-39-36-33-26-23-20-17-14-11-8-5-2/h7-8,10-11,16-21,25-28,30-31,33-34,39,42,48,51,59H,4-6,9,12-15,22-24,29,32,35-38,40-41,43-47,49-50,52-58H2,1-3H3/b10-7-,11-8-,19-16-,20-17-,21-18-,28-25-,31-30-,33-26-,34-27-,42-39-,51-48-. The molecule has 0 aromatic carbocycles. The minimum Gasteiger partial charge on any atom is -0.461 e. The van der Waals surface area contributed by atoms with Gasteiger partial charge in [0.1, 0.15) is 6.61 Å². The van der Waals surface area contributed by atoms with E-state index in [1.807, 2.05) is 12.2 Å². The van der Waals surface area contributed by atoms with Crippen LogP contribution in [0.25, 0.3) is 0 Å². The van der Waals surface area contributed by atoms with Crippen LogP contribution >= 0.6 is 0 Å². The van der Waals surface area contributed by atoms with Gasteiger partial charge in [0.25, 0.3) is 0 Å². The van der Waals surface area contributed by atoms with Crippen LogP contribution in [0.4, 0.5) is 0 Å². The van der Waals surface area contributed by atoms with Crippen LogP contribution in [0.1, 0.15) is 213 Å². The zero-order chi connectivity index (χ0) is 47.7. The van der Waals surface area contributed by atoms with Gasteiger partial charge < -0.3 is 14.2 Å². The molecule has 5 heteroatoms. The lowest BCUT2D eigenvalue weighted by molar-refractivity contribution is -0.162. The first-order valence-electron chi connectivity index (χ1n) is 26.7. The molecule has 0 amide bonds. The number of hydrogen-bond donors (Lipinski definition) is 0. The lowest BCUT2D eigenvalue weighted by Crippen LogP contribution is -2.30. The Balaban J connectivity index is 4.45. The fourth-order valence-electron chi connectivity index (χ4n) is 6.78. The fraction of sp³-hybridized carbons (Fsp3) is 0.607. The Morgan fingerprint density at radius 3 is 1.17 bits per heavy atom. The smallest absolute Gasteiger partial charge is 0.309 e. The summed E-state index contributed by atoms with van der Waals surface area (Å²) in [6.45, 7) is 7.41. The summed E-state index contributed by atoms with van der Waals surface area (Å²) in [4.78, 5) is 25.4. The van der Waals surface area contributed by atoms with Crippen molar-refractivity contribution >= 4 is 11.9 Å². The third-order valence-electron chi connectivity index (χ3n) is 10.7. The van der Waals surface area contributed by atoms with Gasteiger partial charge in [0.2, 0.25) is 0 Å². The largest absolute Gasteiger partial charge is 0.461 e. The van der Waals surface area contributed by atoms with Crippen molar-refractivity contribution in [3.05, 3.63) is 134 Å². The van der Waals surface area contributed by atoms with E-state index >= 15 is 0 Å². The molecule has 0 radical (unpaired) electrons. The third-order valence-corrected chi connectivity index (χ3v) is 10.7. The van der Waals surface area contributed by atoms with Gasteiger partial charge in [-0.2, -0.15) is 0 Å². The molecule has 0 heterocycles. The molecule has 5 nitrogen and oxygen atoms in total. The summed E-state index contributed by atoms with van der Waals surface area (Å²) in [5.41, 5.74) is 0. The summed E-state index contributed by atoms with van der Waals surface area (Å²) in [5.74, 6) is -0.574. The van der Waals surface area contributed by atoms with E-state index in [9.17, 15) is 9.59 Å². The predicted molar refractivity (Wildman–Crippen MR) is 288 cm³/mol. The van der Waals surface area contributed by atoms with Crippen LogP contribution in [0, 0.1) is 0 Å². The Hall–Kier alpha value is -3.96. The molecule has 0 bridgehead atoms. The highest BCUT2D eigenvalue weighted by atomic mass is 16.6. The van der Waals surface area contributed by atoms with E-state index in [1.165, 1.54) is 70.6 Å². The number of allylic oxidation sites excluding steroid dienone is 21. The van der Waals surface area contributed by atoms with Crippen LogP contribution in [-0.2, 0) is 23.8 Å². The van der Waals surface area contributed by atoms with Crippen molar-refractivity contribution in [2.75, 3.05) is 19.8 Å². The van der Waals surface area contributed by atoms with Gasteiger partial charge in [-0.05, 0) is 116 Å². The van der Waals surface area contributed by atoms with Crippen LogP contribution in [0.2, 0.25) is 0 Å². The van der Waals surface area contributed by atoms with Crippen molar-refractivity contribution < 1.29 is 23.8 Å². The van der Waals surface area contributed by atoms with Crippen molar-refractivity contribution in [1.82, 2.24) is 0 Å². The van der Waals surface area contributed by atoms with Gasteiger partial charge in [-0.15, -0.1) is 0 Å². The number of ether oxygens (including phenoxy) is 3. The Morgan fingerprint density at radius 1 is 0.364 bits per heavy atom. The molecule has 0 spiro atoms. The molecule has 372 valence electrons. The molecule has 1 atom stereocenters. The molecule has 0 rings (SSSR count). The zero-order valence-corrected chi connectivity index (χ0v) is 42.7. The van der Waals surface area contributed by atoms with Crippen molar-refractivity contribution in [3.8, 4) is 0 Å². The van der Waals surface area contributed by atoms with Gasteiger partial charge in [-0.3, -0.25) is 9.59 Å². The number of carbonyl (C=O) groups excluding carboxylic acids is 2. The average molecular weight is 911 g/mol. The zero-order valence-electron chi connectivity index (χ0n) is 42.7. The first kappa shape index (κ1) is 62.0. The van der Waals surface area contributed by atoms with E-state index < -0.39 is 6.10 Å². The molecule has 0 saturated carbocycles. The summed E-state index contributed by atoms with van der Waals surface area (Å²) in [6.07, 6.45) is 79.2. The first-order valence-corrected chi connectivity index (χ1v) is 26.7. The summed E-state index contributed by atoms with van der Waals surface area (Å²) in [5, 5.41) is 0. The Morgan fingerprint density at radius 2 is 0.727 bits per heavy atom. The molecule has 0 aromatic heterocycles. The first-order chi connectivity index (χ1) is 32.6. The number of unbranched alkanes of at least 4 members (excludes halogenated alkanes) is 15. The Bertz CT molecular complexity index is 1400. The second-order valence-electron chi connectivity index (χ2n) is 17.0. The highest BCUT2D eigenvalue weighted by Gasteiger charge is 2.17. The van der Waals surface area contributed by atoms with Gasteiger partial charge in [-0.25, -0.2) is 0 Å². The normalized spacial score (nSPS) is 13.3. The van der Waals surface area contributed by atoms with Crippen molar-refractivity contribution in [2.24, 2.45) is 0 Å². The molecular weight excluding hydrogens is 813 g/mol. The minimum absolute atomic E-state index is 0.0123. The molecule has 1 unspecified atom stereocenters. The molecular formula is C61H98O5. The molecule has 0 saturated heterocycles. The van der Waals surface area contributed by atoms with Crippen LogP contribution < -0.4 is 0 Å². The number of rotatable bonds is 47. The summed E-state index contributed by atoms with van der Waals surface area (Å²) < 4.78 is 17.3. The van der Waals surface area contributed by atoms with E-state index in [1.54, 1.807) is 0 Å². The van der Waals surface area contributed by atoms with E-state index in [-0.39, 0.29) is 31.6 Å². The lowest BCUT2D eigenvalue weighted by Gasteiger charge is -2.18. The summed E-state index contributed by atoms with van der Waals surface area (Å²) >= 11 is 0. The Kier molecular flexibility index (Phi) is 52.0. The van der Waals surface area contributed by atoms with Crippen molar-refractivity contribution in [3.63, 3.8) is 0 Å². The summed E-state index contributed by atoms with van der Waals surface area (Å²) in [7, 11) is 0. The van der Waals surface area contributed by atoms with Gasteiger partial charge in [0, 0.05) is 13.0 Å². The van der Waals surface area contributed by atoms with Crippen LogP contribution in [0.3, 0.4) is 0 Å². The van der Waals surface area contributed by atoms with Gasteiger partial charge in [0.05, 0.1) is 13.0 Å². The van der Waals surface area contributed by atoms with Crippen molar-refractivity contribution in [1.29, 1.82) is 0 Å². The molecule has 0 aliphatic rings. The van der Waals surface area contributed by atoms with Crippen LogP contribution in [-0.4, -0.2) is 37.9 Å². The van der Waals surface area contributed by atoms with E-state index in [0.29, 0.717) is 13.0 Å². The molecule has 0 aliphatic heterocycles. The van der Waals surface area contributed by atoms with Gasteiger partial charge >= 0.3 is 11.9 Å². The van der Waals surface area contributed by atoms with E-state index in [4.69, 9.17) is 14.2 Å². The summed E-state index contributed by atoms with van der Waals surface area (Å²) in [6, 6.07) is 0.